The van der Waals surface area contributed by atoms with Crippen molar-refractivity contribution in [2.75, 3.05) is 26.5 Å². The number of carbonyl (C=O) groups excluding carboxylic acids is 1. The molecule has 2 aliphatic rings. The summed E-state index contributed by atoms with van der Waals surface area (Å²) in [5.74, 6) is 2.55. The van der Waals surface area contributed by atoms with Crippen LogP contribution in [0.2, 0.25) is 0 Å². The van der Waals surface area contributed by atoms with Crippen molar-refractivity contribution in [3.8, 4) is 28.4 Å². The van der Waals surface area contributed by atoms with Gasteiger partial charge in [0.1, 0.15) is 23.0 Å². The minimum atomic E-state index is -0.207. The van der Waals surface area contributed by atoms with Gasteiger partial charge in [0.2, 0.25) is 0 Å². The van der Waals surface area contributed by atoms with Gasteiger partial charge in [-0.1, -0.05) is 45.8 Å². The molecule has 0 spiro atoms. The average molecular weight is 603 g/mol. The van der Waals surface area contributed by atoms with Gasteiger partial charge in [0.15, 0.2) is 17.8 Å². The molecular weight excluding hydrogens is 552 g/mol. The molecule has 44 heavy (non-hydrogen) atoms. The quantitative estimate of drug-likeness (QED) is 0.272. The van der Waals surface area contributed by atoms with Crippen molar-refractivity contribution in [1.29, 1.82) is 0 Å². The number of aryl methyl sites for hydroxylation is 1. The Bertz CT molecular complexity index is 1530. The van der Waals surface area contributed by atoms with E-state index in [1.54, 1.807) is 31.2 Å². The van der Waals surface area contributed by atoms with Gasteiger partial charge in [0.05, 0.1) is 23.8 Å². The van der Waals surface area contributed by atoms with Crippen molar-refractivity contribution in [3.63, 3.8) is 0 Å². The van der Waals surface area contributed by atoms with E-state index in [0.717, 1.165) is 40.3 Å². The van der Waals surface area contributed by atoms with Crippen LogP contribution in [-0.4, -0.2) is 49.1 Å². The second kappa shape index (κ2) is 14.7. The fourth-order valence-electron chi connectivity index (χ4n) is 5.19. The molecule has 7 heteroatoms. The molecule has 5 rings (SSSR count). The minimum Gasteiger partial charge on any atom is -0.504 e. The number of carbonyl (C=O) groups is 1. The highest BCUT2D eigenvalue weighted by atomic mass is 16.5. The number of aldehydes is 1. The highest BCUT2D eigenvalue weighted by Crippen LogP contribution is 2.54. The van der Waals surface area contributed by atoms with Crippen LogP contribution in [0.25, 0.3) is 28.5 Å². The second-order valence-corrected chi connectivity index (χ2v) is 12.2. The zero-order chi connectivity index (χ0) is 32.8. The molecule has 7 nitrogen and oxygen atoms in total. The number of fused-ring (bicyclic) bond motifs is 5. The summed E-state index contributed by atoms with van der Waals surface area (Å²) in [5.41, 5.74) is 5.68. The number of nitrogens with zero attached hydrogens (tertiary/aromatic N) is 1. The van der Waals surface area contributed by atoms with E-state index in [1.165, 1.54) is 26.4 Å². The van der Waals surface area contributed by atoms with Gasteiger partial charge in [-0.05, 0) is 85.0 Å². The first-order valence-corrected chi connectivity index (χ1v) is 15.5. The summed E-state index contributed by atoms with van der Waals surface area (Å²) < 4.78 is 17.7. The first-order valence-electron chi connectivity index (χ1n) is 15.5. The third kappa shape index (κ3) is 7.56. The van der Waals surface area contributed by atoms with Crippen LogP contribution in [0.15, 0.2) is 40.8 Å². The Balaban J connectivity index is 0.000000414. The van der Waals surface area contributed by atoms with Crippen molar-refractivity contribution in [2.45, 2.75) is 86.2 Å². The number of methoxy groups -OCH3 is 1. The number of hydrogen-bond acceptors (Lipinski definition) is 7. The minimum absolute atomic E-state index is 0.0346. The maximum atomic E-state index is 11.6. The molecule has 0 saturated carbocycles. The van der Waals surface area contributed by atoms with Crippen molar-refractivity contribution in [1.82, 2.24) is 4.90 Å². The van der Waals surface area contributed by atoms with Crippen LogP contribution in [0.1, 0.15) is 101 Å². The van der Waals surface area contributed by atoms with Gasteiger partial charge in [0, 0.05) is 34.5 Å². The number of anilines is 1. The summed E-state index contributed by atoms with van der Waals surface area (Å²) in [6.07, 6.45) is 8.59. The zero-order valence-electron chi connectivity index (χ0n) is 28.3. The molecule has 238 valence electrons. The van der Waals surface area contributed by atoms with E-state index in [2.05, 4.69) is 78.9 Å². The molecule has 0 aliphatic carbocycles. The number of phenolic OH excluding ortho intramolecular Hbond substituents is 1. The monoisotopic (exact) mass is 602 g/mol. The molecule has 0 amide bonds. The first-order chi connectivity index (χ1) is 20.8. The molecule has 3 aromatic rings. The highest BCUT2D eigenvalue weighted by Gasteiger charge is 2.33. The highest BCUT2D eigenvalue weighted by molar-refractivity contribution is 6.02. The van der Waals surface area contributed by atoms with Crippen molar-refractivity contribution < 1.29 is 23.8 Å². The van der Waals surface area contributed by atoms with Gasteiger partial charge in [-0.2, -0.15) is 0 Å². The van der Waals surface area contributed by atoms with E-state index in [-0.39, 0.29) is 11.3 Å². The number of unbranched alkanes of at least 4 members (excludes halogenated alkanes) is 1. The number of phenols is 1. The molecule has 2 N–H and O–H groups in total. The number of hydrogen-bond donors (Lipinski definition) is 2. The van der Waals surface area contributed by atoms with Crippen LogP contribution in [0.3, 0.4) is 0 Å². The van der Waals surface area contributed by atoms with Gasteiger partial charge < -0.3 is 29.2 Å². The lowest BCUT2D eigenvalue weighted by atomic mass is 9.83. The Hall–Kier alpha value is -3.97. The summed E-state index contributed by atoms with van der Waals surface area (Å²) in [6, 6.07) is 9.73. The third-order valence-electron chi connectivity index (χ3n) is 7.95. The predicted octanol–water partition coefficient (Wildman–Crippen LogP) is 9.43. The van der Waals surface area contributed by atoms with Crippen LogP contribution in [-0.2, 0) is 0 Å². The summed E-state index contributed by atoms with van der Waals surface area (Å²) >= 11 is 0. The largest absolute Gasteiger partial charge is 0.504 e. The lowest BCUT2D eigenvalue weighted by molar-refractivity contribution is 0.112. The summed E-state index contributed by atoms with van der Waals surface area (Å²) in [7, 11) is 5.73. The topological polar surface area (TPSA) is 84.2 Å². The molecule has 0 radical (unpaired) electrons. The van der Waals surface area contributed by atoms with E-state index >= 15 is 0 Å². The van der Waals surface area contributed by atoms with E-state index in [9.17, 15) is 9.90 Å². The van der Waals surface area contributed by atoms with Gasteiger partial charge in [0.25, 0.3) is 0 Å². The molecular formula is C37H50N2O5. The molecule has 3 heterocycles. The summed E-state index contributed by atoms with van der Waals surface area (Å²) in [5, 5.41) is 14.0. The van der Waals surface area contributed by atoms with Crippen molar-refractivity contribution in [2.24, 2.45) is 0 Å². The summed E-state index contributed by atoms with van der Waals surface area (Å²) in [4.78, 5) is 13.8. The number of benzene rings is 2. The Labute approximate surface area is 263 Å². The lowest BCUT2D eigenvalue weighted by Crippen LogP contribution is -2.32. The van der Waals surface area contributed by atoms with Gasteiger partial charge in [-0.15, -0.1) is 0 Å². The molecule has 1 unspecified atom stereocenters. The Morgan fingerprint density at radius 1 is 1.05 bits per heavy atom. The second-order valence-electron chi connectivity index (χ2n) is 12.2. The maximum absolute atomic E-state index is 11.6. The predicted molar refractivity (Wildman–Crippen MR) is 183 cm³/mol. The number of ether oxygens (including phenoxy) is 2. The molecule has 0 fully saturated rings. The Morgan fingerprint density at radius 2 is 1.73 bits per heavy atom. The van der Waals surface area contributed by atoms with E-state index in [0.29, 0.717) is 39.9 Å². The van der Waals surface area contributed by atoms with Gasteiger partial charge >= 0.3 is 0 Å². The SMILES string of the molecule is CCC(C)N(C)C.CCCC.COc1c(O)ccc2c1-c1ccc3c(c1/C(=C/c1oc(C)cc1C=O)O2)C(C)=CC(C)(C)N3. The van der Waals surface area contributed by atoms with Crippen LogP contribution in [0.5, 0.6) is 17.2 Å². The molecule has 1 atom stereocenters. The maximum Gasteiger partial charge on any atom is 0.172 e. The first kappa shape index (κ1) is 34.5. The number of aromatic hydroxyl groups is 1. The average Bonchev–Trinajstić information content (AvgIpc) is 3.34. The molecule has 0 bridgehead atoms. The van der Waals surface area contributed by atoms with E-state index in [4.69, 9.17) is 13.9 Å². The smallest absolute Gasteiger partial charge is 0.172 e. The number of furan rings is 1. The van der Waals surface area contributed by atoms with Gasteiger partial charge in [-0.3, -0.25) is 4.79 Å². The zero-order valence-corrected chi connectivity index (χ0v) is 28.3. The fourth-order valence-corrected chi connectivity index (χ4v) is 5.19. The van der Waals surface area contributed by atoms with E-state index < -0.39 is 0 Å². The number of allylic oxidation sites excluding steroid dienone is 1. The standard InChI is InChI=1S/C27H25NO5.C6H15N.C4H10/c1-14-12-27(3,4)28-18-7-6-17-24(23(14)18)22(11-21-16(13-29)10-15(2)32-21)33-20-9-8-19(30)26(31-5)25(17)20;1-5-6(2)7(3)4;1-3-4-2/h6-13,28,30H,1-5H3;6H,5H2,1-4H3;3-4H2,1-2H3/b22-11-;;. The molecule has 1 aromatic heterocycles. The van der Waals surface area contributed by atoms with E-state index in [1.807, 2.05) is 12.1 Å². The Kier molecular flexibility index (Phi) is 11.5. The van der Waals surface area contributed by atoms with Crippen LogP contribution in [0.4, 0.5) is 5.69 Å². The molecule has 0 saturated heterocycles. The lowest BCUT2D eigenvalue weighted by Gasteiger charge is -2.35. The molecule has 2 aromatic carbocycles. The van der Waals surface area contributed by atoms with Gasteiger partial charge in [-0.25, -0.2) is 0 Å². The number of rotatable bonds is 6. The third-order valence-corrected chi connectivity index (χ3v) is 7.95. The Morgan fingerprint density at radius 3 is 2.27 bits per heavy atom. The molecule has 2 aliphatic heterocycles. The number of nitrogens with one attached hydrogen (secondary N) is 1. The van der Waals surface area contributed by atoms with Crippen LogP contribution >= 0.6 is 0 Å². The van der Waals surface area contributed by atoms with Crippen molar-refractivity contribution in [3.05, 3.63) is 64.6 Å². The fraction of sp³-hybridized carbons (Fsp3) is 0.432. The van der Waals surface area contributed by atoms with Crippen molar-refractivity contribution >= 4 is 29.4 Å². The summed E-state index contributed by atoms with van der Waals surface area (Å²) in [6.45, 7) is 16.9. The normalized spacial score (nSPS) is 15.5. The van der Waals surface area contributed by atoms with Crippen LogP contribution in [0, 0.1) is 6.92 Å². The van der Waals surface area contributed by atoms with Crippen LogP contribution < -0.4 is 14.8 Å².